The molecule has 10 heteroatoms. The lowest BCUT2D eigenvalue weighted by atomic mass is 10.0. The molecular weight excluding hydrogens is 520 g/mol. The summed E-state index contributed by atoms with van der Waals surface area (Å²) in [5, 5.41) is 15.2. The number of carbonyl (C=O) groups excluding carboxylic acids is 1. The van der Waals surface area contributed by atoms with Crippen LogP contribution < -0.4 is 16.4 Å². The monoisotopic (exact) mass is 578 g/mol. The third kappa shape index (κ3) is 11.1. The van der Waals surface area contributed by atoms with Crippen LogP contribution in [0.1, 0.15) is 105 Å². The predicted molar refractivity (Wildman–Crippen MR) is 162 cm³/mol. The van der Waals surface area contributed by atoms with Crippen molar-refractivity contribution in [2.24, 2.45) is 17.6 Å². The van der Waals surface area contributed by atoms with Crippen molar-refractivity contribution < 1.29 is 19.0 Å². The second kappa shape index (κ2) is 13.7. The number of fused-ring (bicyclic) bond motifs is 2. The van der Waals surface area contributed by atoms with Crippen LogP contribution in [-0.4, -0.2) is 76.3 Å². The number of rotatable bonds is 16. The molecule has 236 valence electrons. The number of nitrogens with two attached hydrogens (primary N) is 1. The molecule has 3 atom stereocenters. The first-order chi connectivity index (χ1) is 19.0. The van der Waals surface area contributed by atoms with Crippen molar-refractivity contribution in [2.75, 3.05) is 26.8 Å². The third-order valence-corrected chi connectivity index (χ3v) is 8.90. The Balaban J connectivity index is 1.39. The number of hydrogen-bond acceptors (Lipinski definition) is 8. The summed E-state index contributed by atoms with van der Waals surface area (Å²) < 4.78 is 20.2. The van der Waals surface area contributed by atoms with E-state index in [1.165, 1.54) is 5.69 Å². The van der Waals surface area contributed by atoms with Gasteiger partial charge in [-0.1, -0.05) is 5.21 Å². The smallest absolute Gasteiger partial charge is 0.407 e. The summed E-state index contributed by atoms with van der Waals surface area (Å²) in [7, 11) is 1.97. The average molecular weight is 579 g/mol. The van der Waals surface area contributed by atoms with E-state index in [2.05, 4.69) is 67.2 Å². The van der Waals surface area contributed by atoms with Gasteiger partial charge in [0.25, 0.3) is 0 Å². The Hall–Kier alpha value is -1.75. The van der Waals surface area contributed by atoms with Crippen LogP contribution in [0.3, 0.4) is 0 Å². The van der Waals surface area contributed by atoms with E-state index in [0.29, 0.717) is 31.6 Å². The molecule has 0 aliphatic heterocycles. The van der Waals surface area contributed by atoms with Crippen LogP contribution in [0.4, 0.5) is 4.79 Å². The SMILES string of the molecule is CNC(C)(C)CCOC(C)(C)CCNC(=O)OC1C2CCc3nnn(CCC(C)(C)OCCC(C)(C)N)c3CCC21. The minimum absolute atomic E-state index is 0.00687. The van der Waals surface area contributed by atoms with Gasteiger partial charge in [-0.25, -0.2) is 9.48 Å². The minimum atomic E-state index is -0.323. The van der Waals surface area contributed by atoms with E-state index in [-0.39, 0.29) is 34.5 Å². The van der Waals surface area contributed by atoms with Crippen LogP contribution in [0.15, 0.2) is 0 Å². The molecule has 0 aromatic carbocycles. The highest BCUT2D eigenvalue weighted by molar-refractivity contribution is 5.67. The highest BCUT2D eigenvalue weighted by Crippen LogP contribution is 2.49. The van der Waals surface area contributed by atoms with Crippen LogP contribution in [0.25, 0.3) is 0 Å². The molecule has 0 spiro atoms. The number of aryl methyl sites for hydroxylation is 2. The van der Waals surface area contributed by atoms with Gasteiger partial charge in [0.2, 0.25) is 0 Å². The van der Waals surface area contributed by atoms with Gasteiger partial charge < -0.3 is 30.6 Å². The second-order valence-corrected chi connectivity index (χ2v) is 14.7. The number of aromatic nitrogens is 3. The number of nitrogens with one attached hydrogen (secondary N) is 2. The first-order valence-corrected chi connectivity index (χ1v) is 15.6. The predicted octanol–water partition coefficient (Wildman–Crippen LogP) is 4.38. The van der Waals surface area contributed by atoms with Gasteiger partial charge in [-0.2, -0.15) is 0 Å². The highest BCUT2D eigenvalue weighted by Gasteiger charge is 2.53. The molecular formula is C31H58N6O4. The van der Waals surface area contributed by atoms with E-state index in [0.717, 1.165) is 63.6 Å². The number of hydrogen-bond donors (Lipinski definition) is 3. The zero-order valence-corrected chi connectivity index (χ0v) is 27.3. The van der Waals surface area contributed by atoms with Crippen LogP contribution in [0.2, 0.25) is 0 Å². The Morgan fingerprint density at radius 3 is 2.17 bits per heavy atom. The minimum Gasteiger partial charge on any atom is -0.446 e. The van der Waals surface area contributed by atoms with Crippen LogP contribution in [-0.2, 0) is 33.6 Å². The molecule has 1 aromatic heterocycles. The Morgan fingerprint density at radius 1 is 0.927 bits per heavy atom. The maximum atomic E-state index is 12.6. The first-order valence-electron chi connectivity index (χ1n) is 15.6. The lowest BCUT2D eigenvalue weighted by molar-refractivity contribution is -0.0324. The largest absolute Gasteiger partial charge is 0.446 e. The van der Waals surface area contributed by atoms with Gasteiger partial charge in [0, 0.05) is 49.2 Å². The number of ether oxygens (including phenoxy) is 3. The zero-order valence-electron chi connectivity index (χ0n) is 27.3. The summed E-state index contributed by atoms with van der Waals surface area (Å²) in [6.07, 6.45) is 6.73. The standard InChI is InChI=1S/C31H58N6O4/c1-28(2,32)16-20-39-31(7,8)15-19-37-25-13-11-23-22(10-12-24(25)35-36-37)26(23)41-27(38)34-18-14-30(5,6)40-21-17-29(3,4)33-9/h22-23,26,33H,10-21,32H2,1-9H3,(H,34,38). The van der Waals surface area contributed by atoms with Crippen LogP contribution in [0, 0.1) is 11.8 Å². The fourth-order valence-corrected chi connectivity index (χ4v) is 5.41. The molecule has 3 rings (SSSR count). The summed E-state index contributed by atoms with van der Waals surface area (Å²) in [5.74, 6) is 0.820. The van der Waals surface area contributed by atoms with Crippen molar-refractivity contribution >= 4 is 6.09 Å². The molecule has 3 unspecified atom stereocenters. The maximum Gasteiger partial charge on any atom is 0.407 e. The molecule has 1 saturated carbocycles. The van der Waals surface area contributed by atoms with E-state index >= 15 is 0 Å². The van der Waals surface area contributed by atoms with E-state index < -0.39 is 0 Å². The molecule has 1 fully saturated rings. The summed E-state index contributed by atoms with van der Waals surface area (Å²) in [6.45, 7) is 19.4. The molecule has 1 aromatic rings. The summed E-state index contributed by atoms with van der Waals surface area (Å²) >= 11 is 0. The van der Waals surface area contributed by atoms with E-state index in [1.54, 1.807) is 0 Å². The molecule has 2 aliphatic rings. The number of alkyl carbamates (subject to hydrolysis) is 1. The number of amides is 1. The van der Waals surface area contributed by atoms with Gasteiger partial charge in [0.1, 0.15) is 6.10 Å². The third-order valence-electron chi connectivity index (χ3n) is 8.90. The van der Waals surface area contributed by atoms with Crippen molar-refractivity contribution in [1.82, 2.24) is 25.6 Å². The number of carbonyl (C=O) groups is 1. The second-order valence-electron chi connectivity index (χ2n) is 14.7. The van der Waals surface area contributed by atoms with E-state index in [9.17, 15) is 4.79 Å². The Morgan fingerprint density at radius 2 is 1.54 bits per heavy atom. The first kappa shape index (κ1) is 33.7. The molecule has 41 heavy (non-hydrogen) atoms. The Bertz CT molecular complexity index is 984. The summed E-state index contributed by atoms with van der Waals surface area (Å²) in [5.41, 5.74) is 7.65. The maximum absolute atomic E-state index is 12.6. The fourth-order valence-electron chi connectivity index (χ4n) is 5.41. The molecule has 0 bridgehead atoms. The van der Waals surface area contributed by atoms with Crippen molar-refractivity contribution in [3.05, 3.63) is 11.4 Å². The van der Waals surface area contributed by atoms with Gasteiger partial charge in [0.05, 0.1) is 22.6 Å². The van der Waals surface area contributed by atoms with E-state index in [4.69, 9.17) is 19.9 Å². The van der Waals surface area contributed by atoms with Crippen LogP contribution in [0.5, 0.6) is 0 Å². The highest BCUT2D eigenvalue weighted by atomic mass is 16.6. The molecule has 4 N–H and O–H groups in total. The summed E-state index contributed by atoms with van der Waals surface area (Å²) in [6, 6.07) is 0. The van der Waals surface area contributed by atoms with Gasteiger partial charge in [-0.15, -0.1) is 5.10 Å². The van der Waals surface area contributed by atoms with Crippen molar-refractivity contribution in [1.29, 1.82) is 0 Å². The van der Waals surface area contributed by atoms with Gasteiger partial charge in [-0.05, 0) is 114 Å². The van der Waals surface area contributed by atoms with Gasteiger partial charge >= 0.3 is 6.09 Å². The topological polar surface area (TPSA) is 126 Å². The molecule has 2 aliphatic carbocycles. The molecule has 10 nitrogen and oxygen atoms in total. The quantitative estimate of drug-likeness (QED) is 0.264. The van der Waals surface area contributed by atoms with Gasteiger partial charge in [-0.3, -0.25) is 0 Å². The fraction of sp³-hybridized carbons (Fsp3) is 0.903. The summed E-state index contributed by atoms with van der Waals surface area (Å²) in [4.78, 5) is 12.6. The normalized spacial score (nSPS) is 21.5. The molecule has 1 heterocycles. The van der Waals surface area contributed by atoms with Crippen LogP contribution >= 0.6 is 0 Å². The zero-order chi connectivity index (χ0) is 30.5. The van der Waals surface area contributed by atoms with Crippen molar-refractivity contribution in [3.8, 4) is 0 Å². The Labute approximate surface area is 248 Å². The molecule has 0 saturated heterocycles. The van der Waals surface area contributed by atoms with Crippen molar-refractivity contribution in [3.63, 3.8) is 0 Å². The average Bonchev–Trinajstić information content (AvgIpc) is 3.31. The van der Waals surface area contributed by atoms with Gasteiger partial charge in [0.15, 0.2) is 0 Å². The lowest BCUT2D eigenvalue weighted by Crippen LogP contribution is -2.39. The molecule has 0 radical (unpaired) electrons. The van der Waals surface area contributed by atoms with Crippen molar-refractivity contribution in [2.45, 2.75) is 142 Å². The molecule has 1 amide bonds. The lowest BCUT2D eigenvalue weighted by Gasteiger charge is -2.29. The van der Waals surface area contributed by atoms with E-state index in [1.807, 2.05) is 20.9 Å². The Kier molecular flexibility index (Phi) is 11.3. The number of nitrogens with zero attached hydrogens (tertiary/aromatic N) is 3.